The predicted molar refractivity (Wildman–Crippen MR) is 33.0 cm³/mol. The maximum Gasteiger partial charge on any atom is 0.274 e. The van der Waals surface area contributed by atoms with E-state index in [2.05, 4.69) is 15.9 Å². The molecular weight excluding hydrogens is 263 g/mol. The lowest BCUT2D eigenvalue weighted by atomic mass is 10.9. The first-order valence-corrected chi connectivity index (χ1v) is 2.91. The summed E-state index contributed by atoms with van der Waals surface area (Å²) in [6, 6.07) is 0. The molecule has 34 valence electrons. The normalized spacial score (nSPS) is 7.67. The van der Waals surface area contributed by atoms with Crippen molar-refractivity contribution < 1.29 is 9.59 Å². The molecule has 0 aliphatic carbocycles. The second kappa shape index (κ2) is 2.68. The second-order valence-corrected chi connectivity index (χ2v) is 2.25. The number of halogens is 2. The van der Waals surface area contributed by atoms with E-state index >= 15 is 0 Å². The van der Waals surface area contributed by atoms with Gasteiger partial charge in [-0.2, -0.15) is 0 Å². The highest BCUT2D eigenvalue weighted by atomic mass is 127. The van der Waals surface area contributed by atoms with Gasteiger partial charge in [0.05, 0.1) is 0 Å². The van der Waals surface area contributed by atoms with Crippen molar-refractivity contribution in [2.45, 2.75) is 0 Å². The van der Waals surface area contributed by atoms with Gasteiger partial charge in [-0.15, -0.1) is 0 Å². The SMILES string of the molecule is O=C(Br)C(=O)I. The Labute approximate surface area is 56.6 Å². The fourth-order valence-corrected chi connectivity index (χ4v) is 0. The Hall–Kier alpha value is 0.550. The molecule has 0 saturated heterocycles. The first-order valence-electron chi connectivity index (χ1n) is 1.04. The first kappa shape index (κ1) is 6.55. The van der Waals surface area contributed by atoms with Crippen LogP contribution in [0.25, 0.3) is 0 Å². The van der Waals surface area contributed by atoms with E-state index in [0.29, 0.717) is 0 Å². The van der Waals surface area contributed by atoms with E-state index in [4.69, 9.17) is 0 Å². The van der Waals surface area contributed by atoms with Gasteiger partial charge in [-0.25, -0.2) is 0 Å². The molecule has 0 bridgehead atoms. The number of hydrogen-bond acceptors (Lipinski definition) is 2. The van der Waals surface area contributed by atoms with E-state index in [1.165, 1.54) is 22.6 Å². The van der Waals surface area contributed by atoms with Crippen LogP contribution >= 0.6 is 38.5 Å². The first-order chi connectivity index (χ1) is 2.64. The molecule has 2 nitrogen and oxygen atoms in total. The molecule has 0 radical (unpaired) electrons. The highest BCUT2D eigenvalue weighted by Crippen LogP contribution is 1.92. The molecule has 6 heavy (non-hydrogen) atoms. The third kappa shape index (κ3) is 2.77. The van der Waals surface area contributed by atoms with Crippen molar-refractivity contribution in [3.63, 3.8) is 0 Å². The molecule has 0 saturated carbocycles. The molecule has 0 aromatic carbocycles. The van der Waals surface area contributed by atoms with Crippen LogP contribution in [0.15, 0.2) is 0 Å². The topological polar surface area (TPSA) is 34.1 Å². The van der Waals surface area contributed by atoms with Gasteiger partial charge in [0, 0.05) is 38.5 Å². The van der Waals surface area contributed by atoms with Gasteiger partial charge in [-0.05, 0) is 0 Å². The second-order valence-electron chi connectivity index (χ2n) is 0.547. The Morgan fingerprint density at radius 1 is 1.50 bits per heavy atom. The average molecular weight is 263 g/mol. The van der Waals surface area contributed by atoms with Crippen molar-refractivity contribution >= 4 is 47.0 Å². The summed E-state index contributed by atoms with van der Waals surface area (Å²) in [6.07, 6.45) is 0. The third-order valence-electron chi connectivity index (χ3n) is 0.155. The van der Waals surface area contributed by atoms with Gasteiger partial charge in [0.25, 0.3) is 8.48 Å². The smallest absolute Gasteiger partial charge is 0.274 e. The van der Waals surface area contributed by atoms with Crippen molar-refractivity contribution in [2.24, 2.45) is 0 Å². The quantitative estimate of drug-likeness (QED) is 0.399. The maximum atomic E-state index is 9.73. The summed E-state index contributed by atoms with van der Waals surface area (Å²) < 4.78 is -1.07. The van der Waals surface area contributed by atoms with Crippen LogP contribution in [0.4, 0.5) is 0 Å². The van der Waals surface area contributed by atoms with Crippen LogP contribution in [-0.2, 0) is 9.59 Å². The molecule has 0 spiro atoms. The average Bonchev–Trinajstić information content (AvgIpc) is 1.36. The summed E-state index contributed by atoms with van der Waals surface area (Å²) in [5, 5.41) is 0. The molecule has 0 atom stereocenters. The van der Waals surface area contributed by atoms with E-state index in [0.717, 1.165) is 0 Å². The van der Waals surface area contributed by atoms with Gasteiger partial charge >= 0.3 is 0 Å². The molecule has 0 aromatic heterocycles. The lowest BCUT2D eigenvalue weighted by Gasteiger charge is -1.68. The van der Waals surface area contributed by atoms with Crippen LogP contribution < -0.4 is 0 Å². The maximum absolute atomic E-state index is 9.73. The summed E-state index contributed by atoms with van der Waals surface area (Å²) in [6.45, 7) is 0. The Morgan fingerprint density at radius 3 is 1.67 bits per heavy atom. The van der Waals surface area contributed by atoms with E-state index in [9.17, 15) is 9.59 Å². The van der Waals surface area contributed by atoms with Crippen LogP contribution in [0.2, 0.25) is 0 Å². The van der Waals surface area contributed by atoms with Crippen molar-refractivity contribution in [1.29, 1.82) is 0 Å². The number of rotatable bonds is 1. The zero-order valence-corrected chi connectivity index (χ0v) is 6.32. The van der Waals surface area contributed by atoms with Crippen LogP contribution in [0, 0.1) is 0 Å². The zero-order chi connectivity index (χ0) is 5.15. The van der Waals surface area contributed by atoms with E-state index < -0.39 is 8.48 Å². The van der Waals surface area contributed by atoms with Gasteiger partial charge in [0.15, 0.2) is 0 Å². The molecule has 0 heterocycles. The van der Waals surface area contributed by atoms with Crippen molar-refractivity contribution in [3.05, 3.63) is 0 Å². The highest BCUT2D eigenvalue weighted by molar-refractivity contribution is 14.1. The number of carbonyl (C=O) groups is 2. The molecule has 0 aromatic rings. The van der Waals surface area contributed by atoms with Crippen LogP contribution in [0.3, 0.4) is 0 Å². The van der Waals surface area contributed by atoms with Crippen LogP contribution in [0.1, 0.15) is 0 Å². The summed E-state index contributed by atoms with van der Waals surface area (Å²) >= 11 is 3.84. The fraction of sp³-hybridized carbons (Fsp3) is 0. The largest absolute Gasteiger partial charge is 0.278 e. The van der Waals surface area contributed by atoms with E-state index in [1.807, 2.05) is 0 Å². The number of hydrogen-bond donors (Lipinski definition) is 0. The Bertz CT molecular complexity index is 77.5. The van der Waals surface area contributed by atoms with E-state index in [-0.39, 0.29) is 0 Å². The van der Waals surface area contributed by atoms with Crippen molar-refractivity contribution in [1.82, 2.24) is 0 Å². The van der Waals surface area contributed by atoms with Gasteiger partial charge in [-0.3, -0.25) is 9.59 Å². The lowest BCUT2D eigenvalue weighted by molar-refractivity contribution is -0.124. The summed E-state index contributed by atoms with van der Waals surface area (Å²) in [7, 11) is 0. The Kier molecular flexibility index (Phi) is 2.92. The molecule has 4 heteroatoms. The highest BCUT2D eigenvalue weighted by Gasteiger charge is 2.00. The zero-order valence-electron chi connectivity index (χ0n) is 2.57. The van der Waals surface area contributed by atoms with Gasteiger partial charge in [0.1, 0.15) is 0 Å². The summed E-state index contributed by atoms with van der Waals surface area (Å²) in [5.74, 6) is 0. The minimum absolute atomic E-state index is 0.493. The van der Waals surface area contributed by atoms with Gasteiger partial charge in [0.2, 0.25) is 0 Å². The molecule has 0 unspecified atom stereocenters. The monoisotopic (exact) mass is 262 g/mol. The summed E-state index contributed by atoms with van der Waals surface area (Å²) in [5.41, 5.74) is 0. The lowest BCUT2D eigenvalue weighted by Crippen LogP contribution is -1.92. The number of carbonyl (C=O) groups excluding carboxylic acids is 2. The van der Waals surface area contributed by atoms with Crippen LogP contribution in [0.5, 0.6) is 0 Å². The molecular formula is C2BrIO2. The Balaban J connectivity index is 3.57. The minimum atomic E-state index is -0.580. The molecule has 0 aliphatic heterocycles. The molecule has 0 aliphatic rings. The van der Waals surface area contributed by atoms with Crippen molar-refractivity contribution in [3.8, 4) is 0 Å². The summed E-state index contributed by atoms with van der Waals surface area (Å²) in [4.78, 5) is 19.4. The van der Waals surface area contributed by atoms with Crippen molar-refractivity contribution in [2.75, 3.05) is 0 Å². The Morgan fingerprint density at radius 2 is 1.67 bits per heavy atom. The van der Waals surface area contributed by atoms with Gasteiger partial charge < -0.3 is 0 Å². The minimum Gasteiger partial charge on any atom is -0.278 e. The van der Waals surface area contributed by atoms with Crippen LogP contribution in [-0.4, -0.2) is 8.48 Å². The van der Waals surface area contributed by atoms with Gasteiger partial charge in [-0.1, -0.05) is 0 Å². The molecule has 0 fully saturated rings. The third-order valence-corrected chi connectivity index (χ3v) is 1.75. The molecule has 0 amide bonds. The molecule has 0 rings (SSSR count). The molecule has 0 N–H and O–H groups in total. The van der Waals surface area contributed by atoms with E-state index in [1.54, 1.807) is 0 Å². The standard InChI is InChI=1S/C2BrIO2/c3-1(5)2(4)6. The fourth-order valence-electron chi connectivity index (χ4n) is 0. The predicted octanol–water partition coefficient (Wildman–Crippen LogP) is 0.870.